The second kappa shape index (κ2) is 3.92. The summed E-state index contributed by atoms with van der Waals surface area (Å²) in [6.45, 7) is 1.15. The van der Waals surface area contributed by atoms with Crippen molar-refractivity contribution in [2.45, 2.75) is 19.3 Å². The summed E-state index contributed by atoms with van der Waals surface area (Å²) in [5.74, 6) is 0.678. The van der Waals surface area contributed by atoms with Crippen molar-refractivity contribution in [3.8, 4) is 0 Å². The van der Waals surface area contributed by atoms with Gasteiger partial charge >= 0.3 is 0 Å². The van der Waals surface area contributed by atoms with Crippen molar-refractivity contribution in [1.82, 2.24) is 9.97 Å². The number of hydrogen-bond donors (Lipinski definition) is 2. The summed E-state index contributed by atoms with van der Waals surface area (Å²) < 4.78 is 0. The predicted octanol–water partition coefficient (Wildman–Crippen LogP) is 1.05. The van der Waals surface area contributed by atoms with Crippen molar-refractivity contribution in [3.63, 3.8) is 0 Å². The SMILES string of the molecule is OCCC1(CNc2ncccn2)CC1. The Labute approximate surface area is 83.4 Å². The number of aliphatic hydroxyl groups excluding tert-OH is 1. The molecule has 4 heteroatoms. The lowest BCUT2D eigenvalue weighted by Crippen LogP contribution is -2.17. The molecular weight excluding hydrogens is 178 g/mol. The summed E-state index contributed by atoms with van der Waals surface area (Å²) in [4.78, 5) is 8.17. The summed E-state index contributed by atoms with van der Waals surface area (Å²) in [5, 5.41) is 12.1. The molecule has 0 aliphatic heterocycles. The van der Waals surface area contributed by atoms with Crippen molar-refractivity contribution >= 4 is 5.95 Å². The lowest BCUT2D eigenvalue weighted by Gasteiger charge is -2.13. The molecular formula is C10H15N3O. The zero-order chi connectivity index (χ0) is 9.86. The maximum Gasteiger partial charge on any atom is 0.222 e. The van der Waals surface area contributed by atoms with E-state index in [0.717, 1.165) is 13.0 Å². The van der Waals surface area contributed by atoms with Crippen LogP contribution in [0.5, 0.6) is 0 Å². The Hall–Kier alpha value is -1.16. The molecule has 0 saturated heterocycles. The van der Waals surface area contributed by atoms with Crippen molar-refractivity contribution in [1.29, 1.82) is 0 Å². The summed E-state index contributed by atoms with van der Waals surface area (Å²) in [6, 6.07) is 1.80. The number of anilines is 1. The maximum absolute atomic E-state index is 8.88. The number of aliphatic hydroxyl groups is 1. The molecule has 0 atom stereocenters. The lowest BCUT2D eigenvalue weighted by atomic mass is 10.0. The van der Waals surface area contributed by atoms with Gasteiger partial charge in [0.15, 0.2) is 0 Å². The monoisotopic (exact) mass is 193 g/mol. The fourth-order valence-corrected chi connectivity index (χ4v) is 1.59. The van der Waals surface area contributed by atoms with E-state index in [1.807, 2.05) is 0 Å². The third-order valence-corrected chi connectivity index (χ3v) is 2.79. The Bertz CT molecular complexity index is 285. The van der Waals surface area contributed by atoms with E-state index in [1.165, 1.54) is 12.8 Å². The van der Waals surface area contributed by atoms with Crippen molar-refractivity contribution in [2.24, 2.45) is 5.41 Å². The standard InChI is InChI=1S/C10H15N3O/c14-7-4-10(2-3-10)8-13-9-11-5-1-6-12-9/h1,5-6,14H,2-4,7-8H2,(H,11,12,13). The molecule has 0 aromatic carbocycles. The largest absolute Gasteiger partial charge is 0.396 e. The van der Waals surface area contributed by atoms with Crippen molar-refractivity contribution in [2.75, 3.05) is 18.5 Å². The average molecular weight is 193 g/mol. The molecule has 14 heavy (non-hydrogen) atoms. The molecule has 1 saturated carbocycles. The molecule has 2 rings (SSSR count). The molecule has 0 bridgehead atoms. The maximum atomic E-state index is 8.88. The van der Waals surface area contributed by atoms with Gasteiger partial charge in [-0.3, -0.25) is 0 Å². The highest BCUT2D eigenvalue weighted by Gasteiger charge is 2.41. The molecule has 1 aromatic heterocycles. The minimum Gasteiger partial charge on any atom is -0.396 e. The van der Waals surface area contributed by atoms with Gasteiger partial charge < -0.3 is 10.4 Å². The zero-order valence-corrected chi connectivity index (χ0v) is 8.11. The van der Waals surface area contributed by atoms with Gasteiger partial charge in [0.2, 0.25) is 5.95 Å². The van der Waals surface area contributed by atoms with Gasteiger partial charge in [0.05, 0.1) is 0 Å². The molecule has 1 aliphatic rings. The number of aromatic nitrogens is 2. The quantitative estimate of drug-likeness (QED) is 0.734. The number of rotatable bonds is 5. The minimum absolute atomic E-state index is 0.275. The zero-order valence-electron chi connectivity index (χ0n) is 8.11. The highest BCUT2D eigenvalue weighted by molar-refractivity contribution is 5.23. The molecule has 2 N–H and O–H groups in total. The fraction of sp³-hybridized carbons (Fsp3) is 0.600. The van der Waals surface area contributed by atoms with E-state index in [0.29, 0.717) is 11.4 Å². The van der Waals surface area contributed by atoms with E-state index in [-0.39, 0.29) is 6.61 Å². The van der Waals surface area contributed by atoms with Gasteiger partial charge in [0, 0.05) is 25.5 Å². The van der Waals surface area contributed by atoms with Gasteiger partial charge in [-0.15, -0.1) is 0 Å². The Kier molecular flexibility index (Phi) is 2.63. The van der Waals surface area contributed by atoms with Crippen LogP contribution in [0.1, 0.15) is 19.3 Å². The first kappa shape index (κ1) is 9.40. The molecule has 1 aliphatic carbocycles. The molecule has 0 spiro atoms. The van der Waals surface area contributed by atoms with Crippen LogP contribution >= 0.6 is 0 Å². The van der Waals surface area contributed by atoms with E-state index in [9.17, 15) is 0 Å². The summed E-state index contributed by atoms with van der Waals surface area (Å²) in [5.41, 5.74) is 0.313. The molecule has 1 fully saturated rings. The van der Waals surface area contributed by atoms with Crippen LogP contribution in [0.4, 0.5) is 5.95 Å². The number of hydrogen-bond acceptors (Lipinski definition) is 4. The van der Waals surface area contributed by atoms with Crippen LogP contribution in [0, 0.1) is 5.41 Å². The summed E-state index contributed by atoms with van der Waals surface area (Å²) in [7, 11) is 0. The summed E-state index contributed by atoms with van der Waals surface area (Å²) in [6.07, 6.45) is 6.73. The highest BCUT2D eigenvalue weighted by Crippen LogP contribution is 2.48. The molecule has 4 nitrogen and oxygen atoms in total. The van der Waals surface area contributed by atoms with Gasteiger partial charge in [0.25, 0.3) is 0 Å². The van der Waals surface area contributed by atoms with Crippen LogP contribution in [0.15, 0.2) is 18.5 Å². The molecule has 1 heterocycles. The third-order valence-electron chi connectivity index (χ3n) is 2.79. The first-order valence-electron chi connectivity index (χ1n) is 4.96. The Morgan fingerprint density at radius 3 is 2.64 bits per heavy atom. The second-order valence-electron chi connectivity index (χ2n) is 3.90. The summed E-state index contributed by atoms with van der Waals surface area (Å²) >= 11 is 0. The first-order chi connectivity index (χ1) is 6.85. The Morgan fingerprint density at radius 2 is 2.07 bits per heavy atom. The molecule has 0 radical (unpaired) electrons. The Morgan fingerprint density at radius 1 is 1.36 bits per heavy atom. The second-order valence-corrected chi connectivity index (χ2v) is 3.90. The topological polar surface area (TPSA) is 58.0 Å². The van der Waals surface area contributed by atoms with Crippen LogP contribution in [-0.2, 0) is 0 Å². The van der Waals surface area contributed by atoms with Crippen LogP contribution < -0.4 is 5.32 Å². The number of nitrogens with one attached hydrogen (secondary N) is 1. The molecule has 76 valence electrons. The lowest BCUT2D eigenvalue weighted by molar-refractivity contribution is 0.253. The van der Waals surface area contributed by atoms with Crippen LogP contribution in [0.3, 0.4) is 0 Å². The number of nitrogens with zero attached hydrogens (tertiary/aromatic N) is 2. The molecule has 0 unspecified atom stereocenters. The molecule has 1 aromatic rings. The van der Waals surface area contributed by atoms with Crippen molar-refractivity contribution in [3.05, 3.63) is 18.5 Å². The van der Waals surface area contributed by atoms with Crippen LogP contribution in [0.2, 0.25) is 0 Å². The minimum atomic E-state index is 0.275. The first-order valence-corrected chi connectivity index (χ1v) is 4.96. The van der Waals surface area contributed by atoms with Gasteiger partial charge in [-0.2, -0.15) is 0 Å². The van der Waals surface area contributed by atoms with Crippen molar-refractivity contribution < 1.29 is 5.11 Å². The van der Waals surface area contributed by atoms with E-state index in [4.69, 9.17) is 5.11 Å². The van der Waals surface area contributed by atoms with Gasteiger partial charge in [-0.25, -0.2) is 9.97 Å². The van der Waals surface area contributed by atoms with E-state index < -0.39 is 0 Å². The van der Waals surface area contributed by atoms with Gasteiger partial charge in [0.1, 0.15) is 0 Å². The van der Waals surface area contributed by atoms with Gasteiger partial charge in [-0.05, 0) is 30.7 Å². The highest BCUT2D eigenvalue weighted by atomic mass is 16.3. The van der Waals surface area contributed by atoms with Crippen LogP contribution in [-0.4, -0.2) is 28.2 Å². The fourth-order valence-electron chi connectivity index (χ4n) is 1.59. The van der Waals surface area contributed by atoms with E-state index >= 15 is 0 Å². The van der Waals surface area contributed by atoms with E-state index in [2.05, 4.69) is 15.3 Å². The predicted molar refractivity (Wildman–Crippen MR) is 53.9 cm³/mol. The van der Waals surface area contributed by atoms with Crippen LogP contribution in [0.25, 0.3) is 0 Å². The third kappa shape index (κ3) is 2.20. The smallest absolute Gasteiger partial charge is 0.222 e. The normalized spacial score (nSPS) is 17.8. The van der Waals surface area contributed by atoms with Gasteiger partial charge in [-0.1, -0.05) is 0 Å². The Balaban J connectivity index is 1.83. The van der Waals surface area contributed by atoms with E-state index in [1.54, 1.807) is 18.5 Å². The average Bonchev–Trinajstić information content (AvgIpc) is 2.98. The molecule has 0 amide bonds.